The van der Waals surface area contributed by atoms with E-state index >= 15 is 0 Å². The first-order valence-electron chi connectivity index (χ1n) is 11.6. The lowest BCUT2D eigenvalue weighted by Gasteiger charge is -2.25. The topological polar surface area (TPSA) is 89.8 Å². The molecule has 1 aliphatic heterocycles. The summed E-state index contributed by atoms with van der Waals surface area (Å²) in [5.74, 6) is 0.180. The second-order valence-corrected chi connectivity index (χ2v) is 10.2. The van der Waals surface area contributed by atoms with Crippen LogP contribution in [0.15, 0.2) is 35.4 Å². The normalized spacial score (nSPS) is 17.6. The summed E-state index contributed by atoms with van der Waals surface area (Å²) in [6, 6.07) is 4.71. The number of alkyl halides is 6. The number of aromatic nitrogens is 1. The van der Waals surface area contributed by atoms with Crippen molar-refractivity contribution in [3.05, 3.63) is 57.9 Å². The Labute approximate surface area is 230 Å². The fourth-order valence-corrected chi connectivity index (χ4v) is 4.85. The molecular formula is C24H26ClF6N5O2S. The molecule has 0 radical (unpaired) electrons. The van der Waals surface area contributed by atoms with E-state index in [1.165, 1.54) is 31.2 Å². The molecule has 0 bridgehead atoms. The molecule has 0 saturated heterocycles. The first kappa shape index (κ1) is 30.8. The average Bonchev–Trinajstić information content (AvgIpc) is 3.25. The van der Waals surface area contributed by atoms with E-state index in [2.05, 4.69) is 20.7 Å². The Morgan fingerprint density at radius 1 is 1.23 bits per heavy atom. The first-order chi connectivity index (χ1) is 18.1. The number of carbonyl (C=O) groups is 1. The summed E-state index contributed by atoms with van der Waals surface area (Å²) in [5, 5.41) is 20.1. The minimum Gasteiger partial charge on any atom is -0.369 e. The Balaban J connectivity index is 1.79. The molecule has 2 heterocycles. The maximum atomic E-state index is 13.4. The summed E-state index contributed by atoms with van der Waals surface area (Å²) in [5.41, 5.74) is -0.692. The molecule has 0 fully saturated rings. The van der Waals surface area contributed by atoms with Crippen LogP contribution in [0.1, 0.15) is 46.9 Å². The highest BCUT2D eigenvalue weighted by Crippen LogP contribution is 2.37. The molecule has 214 valence electrons. The third-order valence-electron chi connectivity index (χ3n) is 5.82. The van der Waals surface area contributed by atoms with E-state index in [0.717, 1.165) is 0 Å². The minimum atomic E-state index is -4.98. The third-order valence-corrected chi connectivity index (χ3v) is 6.97. The number of rotatable bonds is 9. The Morgan fingerprint density at radius 2 is 1.92 bits per heavy atom. The number of hydrazone groups is 1. The number of pyridine rings is 1. The lowest BCUT2D eigenvalue weighted by Crippen LogP contribution is -2.40. The number of hydrogen-bond acceptors (Lipinski definition) is 7. The Kier molecular flexibility index (Phi) is 9.65. The summed E-state index contributed by atoms with van der Waals surface area (Å²) in [6.07, 6.45) is -10.7. The van der Waals surface area contributed by atoms with Gasteiger partial charge < -0.3 is 15.7 Å². The van der Waals surface area contributed by atoms with Gasteiger partial charge in [-0.25, -0.2) is 0 Å². The van der Waals surface area contributed by atoms with E-state index in [9.17, 15) is 36.2 Å². The maximum absolute atomic E-state index is 13.4. The fourth-order valence-electron chi connectivity index (χ4n) is 4.00. The van der Waals surface area contributed by atoms with Gasteiger partial charge in [0.2, 0.25) is 0 Å². The number of nitrogens with zero attached hydrogens (tertiary/aromatic N) is 3. The summed E-state index contributed by atoms with van der Waals surface area (Å²) in [4.78, 5) is 17.0. The van der Waals surface area contributed by atoms with Crippen molar-refractivity contribution in [2.75, 3.05) is 17.3 Å². The van der Waals surface area contributed by atoms with Crippen molar-refractivity contribution in [1.82, 2.24) is 15.3 Å². The molecule has 1 aliphatic rings. The SMILES string of the molecule is CSC[C@H](C)NC(=O)c1c(Cl)cccc1C(O)Nc1ccc(CN2N=C(C(F)(F)F)CC2C(F)(F)F)nc1C. The van der Waals surface area contributed by atoms with E-state index in [1.807, 2.05) is 13.2 Å². The Morgan fingerprint density at radius 3 is 2.51 bits per heavy atom. The molecule has 3 rings (SSSR count). The number of carbonyl (C=O) groups excluding carboxylic acids is 1. The van der Waals surface area contributed by atoms with Gasteiger partial charge in [0.15, 0.2) is 6.23 Å². The number of aryl methyl sites for hydroxylation is 1. The van der Waals surface area contributed by atoms with E-state index in [1.54, 1.807) is 17.8 Å². The molecule has 39 heavy (non-hydrogen) atoms. The zero-order chi connectivity index (χ0) is 29.1. The van der Waals surface area contributed by atoms with E-state index < -0.39 is 49.2 Å². The monoisotopic (exact) mass is 597 g/mol. The van der Waals surface area contributed by atoms with E-state index in [0.29, 0.717) is 10.8 Å². The van der Waals surface area contributed by atoms with Gasteiger partial charge in [0, 0.05) is 23.8 Å². The number of benzene rings is 1. The van der Waals surface area contributed by atoms with Crippen LogP contribution in [0.25, 0.3) is 0 Å². The standard InChI is InChI=1S/C24H26ClF6N5O2S/c1-12(11-39-3)32-22(38)20-15(5-4-6-16(20)25)21(37)34-17-8-7-14(33-13(17)2)10-36-19(24(29,30)31)9-18(35-36)23(26,27)28/h4-8,12,19,21,34,37H,9-11H2,1-3H3,(H,32,38)/t12-,19?,21?/m0/s1. The van der Waals surface area contributed by atoms with Gasteiger partial charge in [-0.1, -0.05) is 23.7 Å². The zero-order valence-corrected chi connectivity index (χ0v) is 22.6. The predicted octanol–water partition coefficient (Wildman–Crippen LogP) is 5.68. The highest BCUT2D eigenvalue weighted by Gasteiger charge is 2.52. The molecule has 2 aromatic rings. The average molecular weight is 598 g/mol. The number of thioether (sulfide) groups is 1. The van der Waals surface area contributed by atoms with E-state index in [4.69, 9.17) is 11.6 Å². The van der Waals surface area contributed by atoms with E-state index in [-0.39, 0.29) is 39.3 Å². The van der Waals surface area contributed by atoms with Gasteiger partial charge in [-0.2, -0.15) is 43.2 Å². The second-order valence-electron chi connectivity index (χ2n) is 8.92. The molecule has 1 amide bonds. The van der Waals surface area contributed by atoms with Gasteiger partial charge in [-0.15, -0.1) is 0 Å². The molecule has 0 saturated carbocycles. The molecule has 3 N–H and O–H groups in total. The molecule has 2 unspecified atom stereocenters. The van der Waals surface area contributed by atoms with Crippen LogP contribution < -0.4 is 10.6 Å². The minimum absolute atomic E-state index is 0.0413. The molecule has 7 nitrogen and oxygen atoms in total. The van der Waals surface area contributed by atoms with Crippen LogP contribution in [-0.2, 0) is 6.54 Å². The number of halogens is 7. The number of aliphatic hydroxyl groups excluding tert-OH is 1. The zero-order valence-electron chi connectivity index (χ0n) is 21.0. The molecule has 1 aromatic heterocycles. The van der Waals surface area contributed by atoms with Crippen molar-refractivity contribution in [3.63, 3.8) is 0 Å². The second kappa shape index (κ2) is 12.2. The molecule has 15 heteroatoms. The van der Waals surface area contributed by atoms with Crippen LogP contribution in [0.2, 0.25) is 5.02 Å². The van der Waals surface area contributed by atoms with Crippen molar-refractivity contribution in [1.29, 1.82) is 0 Å². The molecule has 0 spiro atoms. The number of amides is 1. The summed E-state index contributed by atoms with van der Waals surface area (Å²) in [7, 11) is 0. The number of hydrogen-bond donors (Lipinski definition) is 3. The van der Waals surface area contributed by atoms with Crippen LogP contribution in [0.5, 0.6) is 0 Å². The Hall–Kier alpha value is -2.71. The number of aliphatic hydroxyl groups is 1. The smallest absolute Gasteiger partial charge is 0.369 e. The lowest BCUT2D eigenvalue weighted by molar-refractivity contribution is -0.180. The van der Waals surface area contributed by atoms with Crippen molar-refractivity contribution in [2.24, 2.45) is 5.10 Å². The maximum Gasteiger partial charge on any atom is 0.431 e. The summed E-state index contributed by atoms with van der Waals surface area (Å²) >= 11 is 7.81. The fraction of sp³-hybridized carbons (Fsp3) is 0.458. The number of nitrogens with one attached hydrogen (secondary N) is 2. The summed E-state index contributed by atoms with van der Waals surface area (Å²) < 4.78 is 79.1. The molecule has 0 aliphatic carbocycles. The van der Waals surface area contributed by atoms with Gasteiger partial charge in [0.1, 0.15) is 11.8 Å². The van der Waals surface area contributed by atoms with Crippen LogP contribution in [0, 0.1) is 6.92 Å². The van der Waals surface area contributed by atoms with Crippen molar-refractivity contribution >= 4 is 40.7 Å². The quantitative estimate of drug-likeness (QED) is 0.255. The van der Waals surface area contributed by atoms with Crippen LogP contribution in [0.4, 0.5) is 32.0 Å². The summed E-state index contributed by atoms with van der Waals surface area (Å²) in [6.45, 7) is 2.72. The Bertz CT molecular complexity index is 1230. The largest absolute Gasteiger partial charge is 0.431 e. The highest BCUT2D eigenvalue weighted by molar-refractivity contribution is 7.98. The lowest BCUT2D eigenvalue weighted by atomic mass is 10.0. The predicted molar refractivity (Wildman–Crippen MR) is 138 cm³/mol. The van der Waals surface area contributed by atoms with Crippen molar-refractivity contribution < 1.29 is 36.2 Å². The third kappa shape index (κ3) is 7.70. The van der Waals surface area contributed by atoms with Crippen LogP contribution in [-0.4, -0.2) is 63.2 Å². The molecular weight excluding hydrogens is 572 g/mol. The van der Waals surface area contributed by atoms with Gasteiger partial charge in [0.25, 0.3) is 5.91 Å². The van der Waals surface area contributed by atoms with Gasteiger partial charge >= 0.3 is 12.4 Å². The molecule has 1 aromatic carbocycles. The highest BCUT2D eigenvalue weighted by atomic mass is 35.5. The van der Waals surface area contributed by atoms with Crippen molar-refractivity contribution in [3.8, 4) is 0 Å². The van der Waals surface area contributed by atoms with Gasteiger partial charge in [-0.05, 0) is 38.3 Å². The first-order valence-corrected chi connectivity index (χ1v) is 13.4. The van der Waals surface area contributed by atoms with Crippen LogP contribution >= 0.6 is 23.4 Å². The molecule has 3 atom stereocenters. The van der Waals surface area contributed by atoms with Gasteiger partial charge in [0.05, 0.1) is 34.2 Å². The van der Waals surface area contributed by atoms with Gasteiger partial charge in [-0.3, -0.25) is 14.8 Å². The van der Waals surface area contributed by atoms with Crippen LogP contribution in [0.3, 0.4) is 0 Å². The van der Waals surface area contributed by atoms with Crippen molar-refractivity contribution in [2.45, 2.75) is 57.5 Å². The number of anilines is 1.